The monoisotopic (exact) mass is 1030 g/mol. The van der Waals surface area contributed by atoms with Crippen molar-refractivity contribution in [3.63, 3.8) is 0 Å². The molecule has 4 aliphatic rings. The van der Waals surface area contributed by atoms with E-state index in [9.17, 15) is 24.0 Å². The maximum absolute atomic E-state index is 16.5. The van der Waals surface area contributed by atoms with Crippen molar-refractivity contribution < 1.29 is 51.7 Å². The third-order valence-electron chi connectivity index (χ3n) is 15.4. The number of alkyl carbamates (subject to hydrolysis) is 2. The number of hydrogen-bond donors (Lipinski definition) is 4. The molecule has 4 aliphatic heterocycles. The van der Waals surface area contributed by atoms with Crippen molar-refractivity contribution >= 4 is 66.1 Å². The normalized spacial score (nSPS) is 22.4. The second-order valence-electron chi connectivity index (χ2n) is 20.4. The summed E-state index contributed by atoms with van der Waals surface area (Å²) in [6.45, 7) is 9.98. The zero-order chi connectivity index (χ0) is 52.3. The smallest absolute Gasteiger partial charge is 0.407 e. The van der Waals surface area contributed by atoms with Gasteiger partial charge in [0.05, 0.1) is 63.7 Å². The lowest BCUT2D eigenvalue weighted by Gasteiger charge is -2.38. The van der Waals surface area contributed by atoms with Crippen LogP contribution >= 0.6 is 0 Å². The van der Waals surface area contributed by atoms with E-state index < -0.39 is 68.1 Å². The average Bonchev–Trinajstić information content (AvgIpc) is 4.23. The number of benzene rings is 3. The number of nitrogens with one attached hydrogen (secondary N) is 4. The van der Waals surface area contributed by atoms with Gasteiger partial charge in [-0.25, -0.2) is 23.4 Å². The van der Waals surface area contributed by atoms with Crippen LogP contribution in [-0.2, 0) is 33.3 Å². The molecule has 4 saturated heterocycles. The van der Waals surface area contributed by atoms with Crippen molar-refractivity contribution in [2.24, 2.45) is 0 Å². The number of imidazole rings is 1. The molecule has 5 heterocycles. The molecule has 0 spiro atoms. The van der Waals surface area contributed by atoms with Gasteiger partial charge in [0, 0.05) is 51.8 Å². The molecule has 0 bridgehead atoms. The van der Waals surface area contributed by atoms with Gasteiger partial charge in [-0.05, 0) is 112 Å². The van der Waals surface area contributed by atoms with E-state index in [1.165, 1.54) is 45.5 Å². The van der Waals surface area contributed by atoms with Crippen molar-refractivity contribution in [3.05, 3.63) is 83.2 Å². The van der Waals surface area contributed by atoms with E-state index in [-0.39, 0.29) is 35.6 Å². The lowest BCUT2D eigenvalue weighted by atomic mass is 10.0. The highest BCUT2D eigenvalue weighted by Crippen LogP contribution is 2.49. The van der Waals surface area contributed by atoms with Crippen LogP contribution in [0, 0.1) is 11.6 Å². The summed E-state index contributed by atoms with van der Waals surface area (Å²) in [5.41, 5.74) is 4.10. The zero-order valence-electron chi connectivity index (χ0n) is 43.0. The van der Waals surface area contributed by atoms with Crippen LogP contribution < -0.4 is 25.8 Å². The summed E-state index contributed by atoms with van der Waals surface area (Å²) in [6, 6.07) is 14.3. The maximum atomic E-state index is 16.5. The van der Waals surface area contributed by atoms with Gasteiger partial charge in [0.15, 0.2) is 11.6 Å². The fourth-order valence-corrected chi connectivity index (χ4v) is 13.0. The fourth-order valence-electron chi connectivity index (χ4n) is 11.0. The molecule has 18 nitrogen and oxygen atoms in total. The number of carbonyl (C=O) groups is 5. The van der Waals surface area contributed by atoms with E-state index in [0.717, 1.165) is 35.2 Å². The highest BCUT2D eigenvalue weighted by atomic mass is 28.3. The quantitative estimate of drug-likeness (QED) is 0.0854. The summed E-state index contributed by atoms with van der Waals surface area (Å²) in [5.74, 6) is -1.77. The van der Waals surface area contributed by atoms with E-state index >= 15 is 8.78 Å². The Hall–Kier alpha value is -6.32. The number of likely N-dealkylation sites (tertiary alicyclic amines) is 2. The highest BCUT2D eigenvalue weighted by molar-refractivity contribution is 6.77. The number of aromatic amines is 1. The van der Waals surface area contributed by atoms with E-state index in [4.69, 9.17) is 23.9 Å². The van der Waals surface area contributed by atoms with E-state index in [2.05, 4.69) is 38.9 Å². The van der Waals surface area contributed by atoms with Gasteiger partial charge >= 0.3 is 12.2 Å². The first-order chi connectivity index (χ1) is 34.9. The molecular formula is C52H69F2N9O9Si. The van der Waals surface area contributed by atoms with E-state index in [1.807, 2.05) is 35.2 Å². The molecule has 73 heavy (non-hydrogen) atoms. The second-order valence-corrected chi connectivity index (χ2v) is 25.8. The van der Waals surface area contributed by atoms with Gasteiger partial charge in [-0.15, -0.1) is 0 Å². The Labute approximate surface area is 425 Å². The molecule has 5 amide bonds. The summed E-state index contributed by atoms with van der Waals surface area (Å²) in [6.07, 6.45) is 0.832. The molecule has 0 radical (unpaired) electrons. The number of halogens is 2. The molecule has 4 aromatic rings. The molecule has 8 atom stereocenters. The number of rotatable bonds is 15. The van der Waals surface area contributed by atoms with Crippen LogP contribution in [0.2, 0.25) is 25.2 Å². The van der Waals surface area contributed by atoms with Crippen molar-refractivity contribution in [2.75, 3.05) is 69.7 Å². The molecule has 4 fully saturated rings. The number of H-pyrrole nitrogens is 1. The minimum Gasteiger partial charge on any atom is -0.453 e. The number of hydrogen-bond acceptors (Lipinski definition) is 12. The van der Waals surface area contributed by atoms with Crippen LogP contribution in [0.15, 0.2) is 54.6 Å². The molecular weight excluding hydrogens is 961 g/mol. The summed E-state index contributed by atoms with van der Waals surface area (Å²) >= 11 is 0. The van der Waals surface area contributed by atoms with Gasteiger partial charge in [-0.2, -0.15) is 0 Å². The first-order valence-electron chi connectivity index (χ1n) is 25.2. The maximum Gasteiger partial charge on any atom is 0.407 e. The minimum absolute atomic E-state index is 0.00143. The number of ether oxygens (including phenoxy) is 4. The molecule has 4 N–H and O–H groups in total. The minimum atomic E-state index is -1.42. The van der Waals surface area contributed by atoms with E-state index in [0.29, 0.717) is 81.0 Å². The van der Waals surface area contributed by atoms with Gasteiger partial charge in [0.25, 0.3) is 0 Å². The Morgan fingerprint density at radius 2 is 1.25 bits per heavy atom. The number of fused-ring (bicyclic) bond motifs is 1. The third kappa shape index (κ3) is 11.3. The number of nitrogens with zero attached hydrogens (tertiary/aromatic N) is 5. The second kappa shape index (κ2) is 22.4. The Kier molecular flexibility index (Phi) is 16.3. The summed E-state index contributed by atoms with van der Waals surface area (Å²) in [4.78, 5) is 81.5. The van der Waals surface area contributed by atoms with Crippen LogP contribution in [0.25, 0.3) is 11.0 Å². The van der Waals surface area contributed by atoms with Gasteiger partial charge < -0.3 is 59.5 Å². The topological polar surface area (TPSA) is 200 Å². The largest absolute Gasteiger partial charge is 0.453 e. The highest BCUT2D eigenvalue weighted by Gasteiger charge is 2.42. The average molecular weight is 1030 g/mol. The van der Waals surface area contributed by atoms with Gasteiger partial charge in [0.2, 0.25) is 17.7 Å². The van der Waals surface area contributed by atoms with Crippen LogP contribution in [0.3, 0.4) is 0 Å². The Morgan fingerprint density at radius 1 is 0.699 bits per heavy atom. The number of aromatic nitrogens is 2. The van der Waals surface area contributed by atoms with Crippen molar-refractivity contribution in [1.82, 2.24) is 30.4 Å². The molecule has 21 heteroatoms. The molecule has 8 rings (SSSR count). The van der Waals surface area contributed by atoms with Gasteiger partial charge in [0.1, 0.15) is 29.6 Å². The molecule has 1 aromatic heterocycles. The SMILES string of the molecule is COC(=O)N[C@H](C(=O)N1CCC[C@H]1C(=O)Nc1ccc([C@H]2CC[C@H](c3ccc4nc([C@@H]5CCCN5C(=O)[C@@H](NC(=O)OC)[C@@H](C)OC)[nH]c4c3)N2c2cc(F)c(N3CC[Si](C)(C)CC3)c(F)c2)cc1)[C@@H](C)OC. The number of methoxy groups -OCH3 is 4. The van der Waals surface area contributed by atoms with Crippen molar-refractivity contribution in [3.8, 4) is 0 Å². The lowest BCUT2D eigenvalue weighted by molar-refractivity contribution is -0.141. The number of anilines is 3. The van der Waals surface area contributed by atoms with Gasteiger partial charge in [-0.1, -0.05) is 31.3 Å². The predicted octanol–water partition coefficient (Wildman–Crippen LogP) is 7.56. The first-order valence-corrected chi connectivity index (χ1v) is 28.6. The molecule has 394 valence electrons. The Bertz CT molecular complexity index is 2640. The predicted molar refractivity (Wildman–Crippen MR) is 274 cm³/mol. The molecule has 3 aromatic carbocycles. The Balaban J connectivity index is 1.06. The van der Waals surface area contributed by atoms with Crippen LogP contribution in [0.5, 0.6) is 0 Å². The Morgan fingerprint density at radius 3 is 1.84 bits per heavy atom. The lowest BCUT2D eigenvalue weighted by Crippen LogP contribution is -2.56. The molecule has 0 aliphatic carbocycles. The fraction of sp³-hybridized carbons (Fsp3) is 0.538. The standard InChI is InChI=1S/C52H69F2N9O9Si/c1-30(69-3)44(58-51(67)71-5)49(65)61-21-9-11-42(61)47-56-38-18-15-33(27-39(38)57-47)41-20-19-40(63(41)35-28-36(53)46(37(54)29-35)60-23-25-73(7,8)26-24-60)32-13-16-34(17-14-32)55-48(64)43-12-10-22-62(43)50(66)45(31(2)70-4)59-52(68)72-6/h13-18,27-31,40-45H,9-12,19-26H2,1-8H3,(H,55,64)(H,56,57)(H,58,67)(H,59,68)/t30-,31-,40-,41-,42+,43+,44+,45+/m1/s1. The van der Waals surface area contributed by atoms with Crippen molar-refractivity contribution in [2.45, 2.75) is 126 Å². The van der Waals surface area contributed by atoms with Crippen LogP contribution in [0.4, 0.5) is 35.4 Å². The number of carbonyl (C=O) groups excluding carboxylic acids is 5. The summed E-state index contributed by atoms with van der Waals surface area (Å²) in [5, 5.41) is 8.14. The number of amides is 5. The molecule has 0 saturated carbocycles. The van der Waals surface area contributed by atoms with Crippen LogP contribution in [0.1, 0.15) is 87.4 Å². The van der Waals surface area contributed by atoms with E-state index in [1.54, 1.807) is 30.9 Å². The summed E-state index contributed by atoms with van der Waals surface area (Å²) in [7, 11) is 3.92. The van der Waals surface area contributed by atoms with Crippen LogP contribution in [-0.4, -0.2) is 143 Å². The summed E-state index contributed by atoms with van der Waals surface area (Å²) < 4.78 is 53.4. The zero-order valence-corrected chi connectivity index (χ0v) is 44.0. The first kappa shape index (κ1) is 53.0. The van der Waals surface area contributed by atoms with Crippen molar-refractivity contribution in [1.29, 1.82) is 0 Å². The molecule has 0 unspecified atom stereocenters. The van der Waals surface area contributed by atoms with Gasteiger partial charge in [-0.3, -0.25) is 14.4 Å². The third-order valence-corrected chi connectivity index (χ3v) is 18.6.